The lowest BCUT2D eigenvalue weighted by molar-refractivity contribution is 0.384. The fraction of sp³-hybridized carbons (Fsp3) is 0.286. The van der Waals surface area contributed by atoms with Crippen molar-refractivity contribution < 1.29 is 8.42 Å². The monoisotopic (exact) mass is 349 g/mol. The van der Waals surface area contributed by atoms with Gasteiger partial charge in [-0.3, -0.25) is 0 Å². The van der Waals surface area contributed by atoms with Gasteiger partial charge in [-0.25, -0.2) is 13.4 Å². The van der Waals surface area contributed by atoms with Crippen molar-refractivity contribution in [3.63, 3.8) is 0 Å². The Bertz CT molecular complexity index is 912. The quantitative estimate of drug-likeness (QED) is 0.713. The number of thiophene rings is 1. The molecule has 1 aliphatic heterocycles. The lowest BCUT2D eigenvalue weighted by atomic mass is 10.3. The van der Waals surface area contributed by atoms with Crippen LogP contribution in [0.2, 0.25) is 0 Å². The van der Waals surface area contributed by atoms with E-state index in [2.05, 4.69) is 15.0 Å². The Morgan fingerprint density at radius 1 is 1.04 bits per heavy atom. The predicted molar refractivity (Wildman–Crippen MR) is 88.3 cm³/mol. The minimum Gasteiger partial charge on any atom is -0.354 e. The second-order valence-electron chi connectivity index (χ2n) is 5.23. The van der Waals surface area contributed by atoms with Crippen molar-refractivity contribution in [2.75, 3.05) is 31.1 Å². The number of hydrogen-bond donors (Lipinski definition) is 0. The summed E-state index contributed by atoms with van der Waals surface area (Å²) in [7, 11) is -3.37. The van der Waals surface area contributed by atoms with Crippen molar-refractivity contribution in [1.82, 2.24) is 18.9 Å². The summed E-state index contributed by atoms with van der Waals surface area (Å²) in [5, 5.41) is 6.07. The average molecular weight is 349 g/mol. The zero-order valence-electron chi connectivity index (χ0n) is 12.2. The first-order chi connectivity index (χ1) is 11.2. The molecule has 0 atom stereocenters. The van der Waals surface area contributed by atoms with Gasteiger partial charge in [-0.15, -0.1) is 11.3 Å². The van der Waals surface area contributed by atoms with Crippen LogP contribution in [0.5, 0.6) is 0 Å². The van der Waals surface area contributed by atoms with E-state index in [-0.39, 0.29) is 0 Å². The van der Waals surface area contributed by atoms with Crippen LogP contribution >= 0.6 is 11.3 Å². The summed E-state index contributed by atoms with van der Waals surface area (Å²) in [6.45, 7) is 2.18. The molecule has 0 bridgehead atoms. The summed E-state index contributed by atoms with van der Waals surface area (Å²) >= 11 is 1.26. The van der Waals surface area contributed by atoms with Gasteiger partial charge in [0.15, 0.2) is 5.65 Å². The smallest absolute Gasteiger partial charge is 0.252 e. The Morgan fingerprint density at radius 2 is 1.87 bits per heavy atom. The first-order valence-corrected chi connectivity index (χ1v) is 9.55. The van der Waals surface area contributed by atoms with Gasteiger partial charge < -0.3 is 4.90 Å². The Hall–Kier alpha value is -1.97. The van der Waals surface area contributed by atoms with Crippen LogP contribution in [-0.2, 0) is 10.0 Å². The molecule has 4 rings (SSSR count). The van der Waals surface area contributed by atoms with Gasteiger partial charge in [-0.2, -0.15) is 13.9 Å². The standard InChI is InChI=1S/C14H15N5O2S2/c20-23(21,14-2-1-11-22-14)18-9-7-17(8-10-18)13-4-5-15-12-3-6-16-19(12)13/h1-6,11H,7-10H2. The molecule has 3 aromatic rings. The van der Waals surface area contributed by atoms with Crippen molar-refractivity contribution in [2.45, 2.75) is 4.21 Å². The van der Waals surface area contributed by atoms with E-state index in [1.54, 1.807) is 38.7 Å². The zero-order chi connectivity index (χ0) is 15.9. The highest BCUT2D eigenvalue weighted by Crippen LogP contribution is 2.23. The van der Waals surface area contributed by atoms with Crippen molar-refractivity contribution in [1.29, 1.82) is 0 Å². The molecule has 0 saturated carbocycles. The van der Waals surface area contributed by atoms with Gasteiger partial charge in [0.25, 0.3) is 10.0 Å². The molecule has 9 heteroatoms. The van der Waals surface area contributed by atoms with Crippen molar-refractivity contribution in [3.8, 4) is 0 Å². The molecule has 0 N–H and O–H groups in total. The zero-order valence-corrected chi connectivity index (χ0v) is 13.9. The molecule has 0 aromatic carbocycles. The SMILES string of the molecule is O=S(=O)(c1cccs1)N1CCN(c2ccnc3ccnn23)CC1. The number of hydrogen-bond acceptors (Lipinski definition) is 6. The van der Waals surface area contributed by atoms with E-state index in [0.717, 1.165) is 11.5 Å². The Labute approximate surface area is 137 Å². The molecule has 0 radical (unpaired) electrons. The predicted octanol–water partition coefficient (Wildman–Crippen LogP) is 1.30. The summed E-state index contributed by atoms with van der Waals surface area (Å²) in [5.41, 5.74) is 0.788. The van der Waals surface area contributed by atoms with E-state index in [1.165, 1.54) is 11.3 Å². The van der Waals surface area contributed by atoms with Crippen molar-refractivity contribution in [3.05, 3.63) is 42.0 Å². The van der Waals surface area contributed by atoms with Gasteiger partial charge in [0.1, 0.15) is 10.0 Å². The highest BCUT2D eigenvalue weighted by molar-refractivity contribution is 7.91. The second-order valence-corrected chi connectivity index (χ2v) is 8.34. The number of sulfonamides is 1. The number of fused-ring (bicyclic) bond motifs is 1. The molecule has 1 fully saturated rings. The van der Waals surface area contributed by atoms with E-state index in [1.807, 2.05) is 12.1 Å². The van der Waals surface area contributed by atoms with E-state index >= 15 is 0 Å². The Balaban J connectivity index is 1.55. The molecule has 3 aromatic heterocycles. The molecule has 0 amide bonds. The summed E-state index contributed by atoms with van der Waals surface area (Å²) < 4.78 is 28.8. The molecular weight excluding hydrogens is 334 g/mol. The van der Waals surface area contributed by atoms with Crippen LogP contribution in [0.25, 0.3) is 5.65 Å². The summed E-state index contributed by atoms with van der Waals surface area (Å²) in [5.74, 6) is 0.938. The maximum atomic E-state index is 12.6. The first-order valence-electron chi connectivity index (χ1n) is 7.23. The van der Waals surface area contributed by atoms with Crippen LogP contribution in [0.3, 0.4) is 0 Å². The lowest BCUT2D eigenvalue weighted by Crippen LogP contribution is -2.49. The molecule has 23 heavy (non-hydrogen) atoms. The Morgan fingerprint density at radius 3 is 2.61 bits per heavy atom. The maximum absolute atomic E-state index is 12.6. The normalized spacial score (nSPS) is 17.0. The topological polar surface area (TPSA) is 70.8 Å². The van der Waals surface area contributed by atoms with Gasteiger partial charge in [0.05, 0.1) is 6.20 Å². The van der Waals surface area contributed by atoms with E-state index < -0.39 is 10.0 Å². The molecule has 0 spiro atoms. The van der Waals surface area contributed by atoms with Gasteiger partial charge in [-0.05, 0) is 17.5 Å². The van der Waals surface area contributed by atoms with Crippen LogP contribution < -0.4 is 4.90 Å². The fourth-order valence-corrected chi connectivity index (χ4v) is 5.32. The molecule has 120 valence electrons. The molecule has 1 aliphatic rings. The third-order valence-corrected chi connectivity index (χ3v) is 7.19. The Kier molecular flexibility index (Phi) is 3.55. The van der Waals surface area contributed by atoms with E-state index in [0.29, 0.717) is 30.4 Å². The van der Waals surface area contributed by atoms with Gasteiger partial charge in [0, 0.05) is 38.4 Å². The maximum Gasteiger partial charge on any atom is 0.252 e. The number of aromatic nitrogens is 3. The minimum absolute atomic E-state index is 0.407. The van der Waals surface area contributed by atoms with Crippen molar-refractivity contribution in [2.24, 2.45) is 0 Å². The number of piperazine rings is 1. The highest BCUT2D eigenvalue weighted by atomic mass is 32.2. The lowest BCUT2D eigenvalue weighted by Gasteiger charge is -2.34. The third kappa shape index (κ3) is 2.50. The van der Waals surface area contributed by atoms with Gasteiger partial charge >= 0.3 is 0 Å². The van der Waals surface area contributed by atoms with Gasteiger partial charge in [-0.1, -0.05) is 6.07 Å². The van der Waals surface area contributed by atoms with E-state index in [4.69, 9.17) is 0 Å². The number of rotatable bonds is 3. The van der Waals surface area contributed by atoms with Crippen molar-refractivity contribution >= 4 is 32.8 Å². The number of anilines is 1. The molecular formula is C14H15N5O2S2. The second kappa shape index (κ2) is 5.59. The molecule has 0 aliphatic carbocycles. The molecule has 0 unspecified atom stereocenters. The molecule has 7 nitrogen and oxygen atoms in total. The highest BCUT2D eigenvalue weighted by Gasteiger charge is 2.29. The van der Waals surface area contributed by atoms with E-state index in [9.17, 15) is 8.42 Å². The molecule has 4 heterocycles. The van der Waals surface area contributed by atoms with Crippen LogP contribution in [0.1, 0.15) is 0 Å². The minimum atomic E-state index is -3.37. The third-order valence-electron chi connectivity index (χ3n) is 3.92. The van der Waals surface area contributed by atoms with Crippen LogP contribution in [0.4, 0.5) is 5.82 Å². The fourth-order valence-electron chi connectivity index (χ4n) is 2.76. The largest absolute Gasteiger partial charge is 0.354 e. The van der Waals surface area contributed by atoms with Crippen LogP contribution in [-0.4, -0.2) is 53.5 Å². The van der Waals surface area contributed by atoms with Gasteiger partial charge in [0.2, 0.25) is 0 Å². The van der Waals surface area contributed by atoms with Crippen LogP contribution in [0, 0.1) is 0 Å². The summed E-state index contributed by atoms with van der Waals surface area (Å²) in [6, 6.07) is 7.17. The summed E-state index contributed by atoms with van der Waals surface area (Å²) in [6.07, 6.45) is 3.46. The van der Waals surface area contributed by atoms with Crippen LogP contribution in [0.15, 0.2) is 46.2 Å². The average Bonchev–Trinajstić information content (AvgIpc) is 3.26. The summed E-state index contributed by atoms with van der Waals surface area (Å²) in [4.78, 5) is 6.39. The number of nitrogens with zero attached hydrogens (tertiary/aromatic N) is 5. The molecule has 1 saturated heterocycles. The first kappa shape index (κ1) is 14.6.